The molecule has 0 bridgehead atoms. The van der Waals surface area contributed by atoms with Crippen molar-refractivity contribution < 1.29 is 4.74 Å². The topological polar surface area (TPSA) is 47.6 Å². The van der Waals surface area contributed by atoms with E-state index in [2.05, 4.69) is 23.6 Å². The summed E-state index contributed by atoms with van der Waals surface area (Å²) in [5.74, 6) is 0.435. The Bertz CT molecular complexity index is 428. The Hall–Kier alpha value is -1.10. The van der Waals surface area contributed by atoms with Crippen LogP contribution in [0.5, 0.6) is 0 Å². The number of hydrogen-bond acceptors (Lipinski definition) is 2. The number of ether oxygens (including phenoxy) is 1. The molecule has 1 aromatic carbocycles. The summed E-state index contributed by atoms with van der Waals surface area (Å²) in [6.45, 7) is 4.95. The molecule has 1 aliphatic rings. The Morgan fingerprint density at radius 1 is 1.35 bits per heavy atom. The molecule has 1 aromatic rings. The van der Waals surface area contributed by atoms with Crippen LogP contribution in [-0.2, 0) is 4.74 Å². The maximum atomic E-state index is 6.02. The zero-order valence-corrected chi connectivity index (χ0v) is 10.7. The van der Waals surface area contributed by atoms with E-state index in [1.807, 2.05) is 12.1 Å². The number of morpholine rings is 1. The Morgan fingerprint density at radius 2 is 2.00 bits per heavy atom. The van der Waals surface area contributed by atoms with Gasteiger partial charge in [0.1, 0.15) is 18.8 Å². The van der Waals surface area contributed by atoms with Crippen molar-refractivity contribution in [2.75, 3.05) is 26.3 Å². The van der Waals surface area contributed by atoms with Crippen molar-refractivity contribution in [2.45, 2.75) is 6.92 Å². The molecule has 1 aliphatic heterocycles. The first kappa shape index (κ1) is 12.4. The van der Waals surface area contributed by atoms with Crippen LogP contribution in [0.4, 0.5) is 5.69 Å². The van der Waals surface area contributed by atoms with Gasteiger partial charge in [0.15, 0.2) is 0 Å². The van der Waals surface area contributed by atoms with Crippen molar-refractivity contribution in [3.8, 4) is 0 Å². The van der Waals surface area contributed by atoms with Gasteiger partial charge in [-0.15, -0.1) is 4.51 Å². The molecule has 0 unspecified atom stereocenters. The number of nitrogens with zero attached hydrogens (tertiary/aromatic N) is 2. The fourth-order valence-electron chi connectivity index (χ4n) is 2.36. The summed E-state index contributed by atoms with van der Waals surface area (Å²) in [7, 11) is 0. The molecule has 0 spiro atoms. The van der Waals surface area contributed by atoms with E-state index < -0.39 is 0 Å². The number of para-hydroxylation sites is 1. The fraction of sp³-hybridized carbons (Fsp3) is 0.417. The molecule has 5 heteroatoms. The number of guanidine groups is 1. The largest absolute Gasteiger partial charge is 0.370 e. The maximum Gasteiger partial charge on any atom is 0.317 e. The van der Waals surface area contributed by atoms with E-state index in [1.165, 1.54) is 5.56 Å². The first-order valence-electron chi connectivity index (χ1n) is 5.67. The van der Waals surface area contributed by atoms with Crippen LogP contribution in [-0.4, -0.2) is 32.3 Å². The average Bonchev–Trinajstić information content (AvgIpc) is 2.39. The number of aryl methyl sites for hydroxylation is 1. The second-order valence-corrected chi connectivity index (χ2v) is 4.43. The van der Waals surface area contributed by atoms with Crippen LogP contribution in [0, 0.1) is 6.92 Å². The highest BCUT2D eigenvalue weighted by molar-refractivity contribution is 6.20. The van der Waals surface area contributed by atoms with Gasteiger partial charge in [0.2, 0.25) is 0 Å². The molecule has 1 saturated heterocycles. The van der Waals surface area contributed by atoms with Crippen LogP contribution in [0.3, 0.4) is 0 Å². The van der Waals surface area contributed by atoms with Gasteiger partial charge in [0, 0.05) is 17.3 Å². The summed E-state index contributed by atoms with van der Waals surface area (Å²) in [5.41, 5.74) is 8.36. The van der Waals surface area contributed by atoms with Crippen LogP contribution in [0.25, 0.3) is 0 Å². The molecule has 4 nitrogen and oxygen atoms in total. The van der Waals surface area contributed by atoms with Gasteiger partial charge in [-0.25, -0.2) is 4.48 Å². The summed E-state index contributed by atoms with van der Waals surface area (Å²) in [6, 6.07) is 8.19. The van der Waals surface area contributed by atoms with Crippen molar-refractivity contribution in [1.82, 2.24) is 4.48 Å². The predicted molar refractivity (Wildman–Crippen MR) is 71.0 cm³/mol. The minimum atomic E-state index is 0.435. The van der Waals surface area contributed by atoms with Crippen LogP contribution >= 0.6 is 11.8 Å². The van der Waals surface area contributed by atoms with Gasteiger partial charge < -0.3 is 10.5 Å². The molecular formula is C12H17ClN3O+. The number of rotatable bonds is 1. The van der Waals surface area contributed by atoms with Gasteiger partial charge in [0.25, 0.3) is 0 Å². The maximum absolute atomic E-state index is 6.02. The van der Waals surface area contributed by atoms with Crippen molar-refractivity contribution in [1.29, 1.82) is 0 Å². The number of nitrogens with two attached hydrogens (primary N) is 1. The number of halogens is 1. The molecule has 2 rings (SSSR count). The fourth-order valence-corrected chi connectivity index (χ4v) is 2.51. The average molecular weight is 255 g/mol. The van der Waals surface area contributed by atoms with Gasteiger partial charge in [-0.3, -0.25) is 0 Å². The normalized spacial score (nSPS) is 20.2. The molecule has 0 saturated carbocycles. The number of benzene rings is 1. The molecule has 0 atom stereocenters. The number of quaternary nitrogens is 1. The summed E-state index contributed by atoms with van der Waals surface area (Å²) < 4.78 is 9.59. The van der Waals surface area contributed by atoms with E-state index in [0.29, 0.717) is 23.7 Å². The highest BCUT2D eigenvalue weighted by atomic mass is 35.5. The third kappa shape index (κ3) is 2.16. The van der Waals surface area contributed by atoms with Gasteiger partial charge in [0.05, 0.1) is 13.2 Å². The van der Waals surface area contributed by atoms with Crippen LogP contribution in [0.2, 0.25) is 0 Å². The quantitative estimate of drug-likeness (QED) is 0.472. The molecule has 17 heavy (non-hydrogen) atoms. The van der Waals surface area contributed by atoms with Gasteiger partial charge in [-0.05, 0) is 13.0 Å². The van der Waals surface area contributed by atoms with Crippen LogP contribution in [0.1, 0.15) is 5.56 Å². The smallest absolute Gasteiger partial charge is 0.317 e. The lowest BCUT2D eigenvalue weighted by atomic mass is 10.1. The van der Waals surface area contributed by atoms with Crippen LogP contribution < -0.4 is 10.2 Å². The zero-order chi connectivity index (χ0) is 12.3. The minimum Gasteiger partial charge on any atom is -0.370 e. The third-order valence-electron chi connectivity index (χ3n) is 3.34. The lowest BCUT2D eigenvalue weighted by Crippen LogP contribution is -2.63. The zero-order valence-electron chi connectivity index (χ0n) is 9.90. The van der Waals surface area contributed by atoms with Gasteiger partial charge in [-0.2, -0.15) is 0 Å². The molecule has 2 N–H and O–H groups in total. The van der Waals surface area contributed by atoms with Crippen molar-refractivity contribution >= 4 is 23.4 Å². The van der Waals surface area contributed by atoms with Crippen LogP contribution in [0.15, 0.2) is 28.8 Å². The molecule has 1 fully saturated rings. The van der Waals surface area contributed by atoms with E-state index in [4.69, 9.17) is 22.2 Å². The van der Waals surface area contributed by atoms with Crippen molar-refractivity contribution in [2.24, 2.45) is 10.2 Å². The summed E-state index contributed by atoms with van der Waals surface area (Å²) in [4.78, 5) is 0. The van der Waals surface area contributed by atoms with Crippen molar-refractivity contribution in [3.05, 3.63) is 29.8 Å². The molecular weight excluding hydrogens is 238 g/mol. The first-order valence-corrected chi connectivity index (χ1v) is 6.00. The minimum absolute atomic E-state index is 0.435. The summed E-state index contributed by atoms with van der Waals surface area (Å²) in [6.07, 6.45) is 0. The molecule has 0 aromatic heterocycles. The van der Waals surface area contributed by atoms with Gasteiger partial charge in [-0.1, -0.05) is 18.2 Å². The van der Waals surface area contributed by atoms with E-state index in [1.54, 1.807) is 0 Å². The first-order chi connectivity index (χ1) is 8.20. The monoisotopic (exact) mass is 254 g/mol. The lowest BCUT2D eigenvalue weighted by Gasteiger charge is -2.39. The Labute approximate surface area is 106 Å². The van der Waals surface area contributed by atoms with E-state index >= 15 is 0 Å². The Kier molecular flexibility index (Phi) is 3.66. The van der Waals surface area contributed by atoms with Gasteiger partial charge >= 0.3 is 5.96 Å². The second-order valence-electron chi connectivity index (χ2n) is 4.26. The lowest BCUT2D eigenvalue weighted by molar-refractivity contribution is 0.0691. The predicted octanol–water partition coefficient (Wildman–Crippen LogP) is 1.80. The Morgan fingerprint density at radius 3 is 2.59 bits per heavy atom. The third-order valence-corrected chi connectivity index (χ3v) is 3.51. The summed E-state index contributed by atoms with van der Waals surface area (Å²) >= 11 is 5.58. The second kappa shape index (κ2) is 5.04. The standard InChI is InChI=1S/C12H17ClN3O/c1-10-4-2-3-5-11(10)16(12(14)15-13)6-8-17-9-7-16/h2-5H,6-9H2,1H3,(H2,14,15)/q+1. The highest BCUT2D eigenvalue weighted by Gasteiger charge is 2.39. The van der Waals surface area contributed by atoms with Crippen molar-refractivity contribution in [3.63, 3.8) is 0 Å². The molecule has 0 aliphatic carbocycles. The highest BCUT2D eigenvalue weighted by Crippen LogP contribution is 2.28. The summed E-state index contributed by atoms with van der Waals surface area (Å²) in [5, 5.41) is 0. The Balaban J connectivity index is 2.50. The molecule has 0 amide bonds. The van der Waals surface area contributed by atoms with E-state index in [-0.39, 0.29) is 0 Å². The number of hydrogen-bond donors (Lipinski definition) is 1. The molecule has 1 heterocycles. The van der Waals surface area contributed by atoms with E-state index in [9.17, 15) is 0 Å². The van der Waals surface area contributed by atoms with E-state index in [0.717, 1.165) is 18.8 Å². The SMILES string of the molecule is Cc1ccccc1[N+]1(/C(N)=N\Cl)CCOCC1. The molecule has 0 radical (unpaired) electrons. The molecule has 92 valence electrons.